The summed E-state index contributed by atoms with van der Waals surface area (Å²) >= 11 is 0. The smallest absolute Gasteiger partial charge is 0.0667 e. The Morgan fingerprint density at radius 3 is 2.67 bits per heavy atom. The van der Waals surface area contributed by atoms with Gasteiger partial charge in [-0.15, -0.1) is 0 Å². The van der Waals surface area contributed by atoms with Crippen LogP contribution < -0.4 is 0 Å². The van der Waals surface area contributed by atoms with E-state index < -0.39 is 0 Å². The summed E-state index contributed by atoms with van der Waals surface area (Å²) in [4.78, 5) is 1.92. The van der Waals surface area contributed by atoms with E-state index in [2.05, 4.69) is 6.92 Å². The van der Waals surface area contributed by atoms with Crippen LogP contribution in [-0.4, -0.2) is 48.0 Å². The molecule has 0 spiro atoms. The zero-order chi connectivity index (χ0) is 9.40. The number of aliphatic hydroxyl groups is 2. The minimum absolute atomic E-state index is 0.151. The zero-order valence-electron chi connectivity index (χ0n) is 7.87. The molecule has 3 heteroatoms. The second kappa shape index (κ2) is 7.53. The molecule has 0 fully saturated rings. The van der Waals surface area contributed by atoms with Gasteiger partial charge in [-0.25, -0.2) is 0 Å². The number of hydrogen-bond acceptors (Lipinski definition) is 3. The van der Waals surface area contributed by atoms with Crippen molar-refractivity contribution >= 4 is 0 Å². The number of rotatable bonds is 7. The number of nitrogens with zero attached hydrogens (tertiary/aromatic N) is 1. The Balaban J connectivity index is 3.33. The molecule has 1 radical (unpaired) electrons. The van der Waals surface area contributed by atoms with Crippen LogP contribution in [-0.2, 0) is 0 Å². The van der Waals surface area contributed by atoms with Crippen LogP contribution in [0.3, 0.4) is 0 Å². The second-order valence-corrected chi connectivity index (χ2v) is 3.14. The lowest BCUT2D eigenvalue weighted by Crippen LogP contribution is -2.31. The summed E-state index contributed by atoms with van der Waals surface area (Å²) in [6.07, 6.45) is 2.37. The SMILES string of the molecule is [CH2]CCCC(O)CN(C)CCO. The highest BCUT2D eigenvalue weighted by Gasteiger charge is 2.06. The van der Waals surface area contributed by atoms with Gasteiger partial charge in [-0.05, 0) is 13.5 Å². The molecule has 0 aliphatic heterocycles. The standard InChI is InChI=1S/C9H20NO2/c1-3-4-5-9(12)8-10(2)6-7-11/h9,11-12H,1,3-8H2,2H3. The van der Waals surface area contributed by atoms with Crippen LogP contribution in [0.15, 0.2) is 0 Å². The number of hydrogen-bond donors (Lipinski definition) is 2. The molecule has 0 aromatic carbocycles. The molecule has 0 rings (SSSR count). The van der Waals surface area contributed by atoms with Crippen LogP contribution in [0.1, 0.15) is 19.3 Å². The third-order valence-corrected chi connectivity index (χ3v) is 1.79. The maximum absolute atomic E-state index is 9.43. The molecule has 1 atom stereocenters. The molecule has 0 aliphatic rings. The molecule has 0 saturated heterocycles. The van der Waals surface area contributed by atoms with E-state index in [1.54, 1.807) is 0 Å². The highest BCUT2D eigenvalue weighted by atomic mass is 16.3. The molecule has 2 N–H and O–H groups in total. The van der Waals surface area contributed by atoms with E-state index in [9.17, 15) is 5.11 Å². The van der Waals surface area contributed by atoms with Crippen LogP contribution in [0.5, 0.6) is 0 Å². The van der Waals surface area contributed by atoms with Crippen LogP contribution in [0.4, 0.5) is 0 Å². The molecule has 0 saturated carbocycles. The van der Waals surface area contributed by atoms with Gasteiger partial charge in [0, 0.05) is 13.1 Å². The van der Waals surface area contributed by atoms with Crippen molar-refractivity contribution in [2.24, 2.45) is 0 Å². The molecule has 1 unspecified atom stereocenters. The highest BCUT2D eigenvalue weighted by molar-refractivity contribution is 4.61. The first-order valence-electron chi connectivity index (χ1n) is 4.47. The molecular weight excluding hydrogens is 154 g/mol. The first kappa shape index (κ1) is 11.9. The Morgan fingerprint density at radius 1 is 1.50 bits per heavy atom. The molecule has 0 aromatic rings. The highest BCUT2D eigenvalue weighted by Crippen LogP contribution is 2.00. The summed E-state index contributed by atoms with van der Waals surface area (Å²) in [5.41, 5.74) is 0. The average Bonchev–Trinajstić information content (AvgIpc) is 2.01. The molecule has 0 amide bonds. The van der Waals surface area contributed by atoms with Gasteiger partial charge in [0.1, 0.15) is 0 Å². The first-order chi connectivity index (χ1) is 5.70. The molecule has 0 heterocycles. The van der Waals surface area contributed by atoms with Gasteiger partial charge in [0.25, 0.3) is 0 Å². The zero-order valence-corrected chi connectivity index (χ0v) is 7.87. The van der Waals surface area contributed by atoms with Gasteiger partial charge in [-0.3, -0.25) is 0 Å². The lowest BCUT2D eigenvalue weighted by Gasteiger charge is -2.19. The summed E-state index contributed by atoms with van der Waals surface area (Å²) in [6, 6.07) is 0. The van der Waals surface area contributed by atoms with E-state index in [0.29, 0.717) is 13.1 Å². The van der Waals surface area contributed by atoms with E-state index in [1.165, 1.54) is 0 Å². The lowest BCUT2D eigenvalue weighted by atomic mass is 10.1. The molecular formula is C9H20NO2. The Hall–Kier alpha value is -0.120. The fourth-order valence-corrected chi connectivity index (χ4v) is 1.09. The molecule has 3 nitrogen and oxygen atoms in total. The Morgan fingerprint density at radius 2 is 2.17 bits per heavy atom. The summed E-state index contributed by atoms with van der Waals surface area (Å²) in [7, 11) is 1.89. The van der Waals surface area contributed by atoms with Crippen molar-refractivity contribution in [3.05, 3.63) is 6.92 Å². The lowest BCUT2D eigenvalue weighted by molar-refractivity contribution is 0.106. The van der Waals surface area contributed by atoms with Crippen LogP contribution in [0.2, 0.25) is 0 Å². The minimum Gasteiger partial charge on any atom is -0.395 e. The molecule has 73 valence electrons. The van der Waals surface area contributed by atoms with Gasteiger partial charge in [0.2, 0.25) is 0 Å². The Bertz CT molecular complexity index is 98.5. The summed E-state index contributed by atoms with van der Waals surface area (Å²) in [5.74, 6) is 0. The number of aliphatic hydroxyl groups excluding tert-OH is 2. The maximum Gasteiger partial charge on any atom is 0.0667 e. The molecule has 0 aliphatic carbocycles. The van der Waals surface area contributed by atoms with Crippen molar-refractivity contribution in [3.63, 3.8) is 0 Å². The van der Waals surface area contributed by atoms with Gasteiger partial charge in [-0.1, -0.05) is 19.8 Å². The van der Waals surface area contributed by atoms with Crippen LogP contribution in [0, 0.1) is 6.92 Å². The van der Waals surface area contributed by atoms with Crippen molar-refractivity contribution in [1.82, 2.24) is 4.90 Å². The predicted molar refractivity (Wildman–Crippen MR) is 49.8 cm³/mol. The fraction of sp³-hybridized carbons (Fsp3) is 0.889. The third-order valence-electron chi connectivity index (χ3n) is 1.79. The van der Waals surface area contributed by atoms with Crippen molar-refractivity contribution in [1.29, 1.82) is 0 Å². The monoisotopic (exact) mass is 174 g/mol. The molecule has 0 bridgehead atoms. The van der Waals surface area contributed by atoms with E-state index >= 15 is 0 Å². The van der Waals surface area contributed by atoms with E-state index in [0.717, 1.165) is 19.3 Å². The van der Waals surface area contributed by atoms with Gasteiger partial charge < -0.3 is 15.1 Å². The average molecular weight is 174 g/mol. The van der Waals surface area contributed by atoms with E-state index in [1.807, 2.05) is 11.9 Å². The van der Waals surface area contributed by atoms with Crippen LogP contribution >= 0.6 is 0 Å². The predicted octanol–water partition coefficient (Wildman–Crippen LogP) is 0.276. The Labute approximate surface area is 75.0 Å². The van der Waals surface area contributed by atoms with Gasteiger partial charge in [-0.2, -0.15) is 0 Å². The molecule has 12 heavy (non-hydrogen) atoms. The second-order valence-electron chi connectivity index (χ2n) is 3.14. The quantitative estimate of drug-likeness (QED) is 0.582. The van der Waals surface area contributed by atoms with Crippen LogP contribution in [0.25, 0.3) is 0 Å². The van der Waals surface area contributed by atoms with E-state index in [-0.39, 0.29) is 12.7 Å². The number of unbranched alkanes of at least 4 members (excludes halogenated alkanes) is 1. The third kappa shape index (κ3) is 6.58. The molecule has 0 aromatic heterocycles. The van der Waals surface area contributed by atoms with Gasteiger partial charge >= 0.3 is 0 Å². The number of likely N-dealkylation sites (N-methyl/N-ethyl adjacent to an activating group) is 1. The Kier molecular flexibility index (Phi) is 7.45. The van der Waals surface area contributed by atoms with Crippen molar-refractivity contribution < 1.29 is 10.2 Å². The first-order valence-corrected chi connectivity index (χ1v) is 4.47. The normalized spacial score (nSPS) is 13.8. The van der Waals surface area contributed by atoms with Crippen molar-refractivity contribution in [2.45, 2.75) is 25.4 Å². The summed E-state index contributed by atoms with van der Waals surface area (Å²) in [6.45, 7) is 5.13. The largest absolute Gasteiger partial charge is 0.395 e. The van der Waals surface area contributed by atoms with Crippen molar-refractivity contribution in [2.75, 3.05) is 26.7 Å². The van der Waals surface area contributed by atoms with Gasteiger partial charge in [0.15, 0.2) is 0 Å². The summed E-state index contributed by atoms with van der Waals surface area (Å²) in [5, 5.41) is 18.0. The maximum atomic E-state index is 9.43. The summed E-state index contributed by atoms with van der Waals surface area (Å²) < 4.78 is 0. The topological polar surface area (TPSA) is 43.7 Å². The van der Waals surface area contributed by atoms with Crippen molar-refractivity contribution in [3.8, 4) is 0 Å². The minimum atomic E-state index is -0.275. The van der Waals surface area contributed by atoms with E-state index in [4.69, 9.17) is 5.11 Å². The fourth-order valence-electron chi connectivity index (χ4n) is 1.09. The van der Waals surface area contributed by atoms with Gasteiger partial charge in [0.05, 0.1) is 12.7 Å².